The fourth-order valence-corrected chi connectivity index (χ4v) is 2.92. The summed E-state index contributed by atoms with van der Waals surface area (Å²) in [5, 5.41) is 0. The molecule has 0 N–H and O–H groups in total. The van der Waals surface area contributed by atoms with Gasteiger partial charge in [-0.05, 0) is 18.4 Å². The van der Waals surface area contributed by atoms with Gasteiger partial charge in [-0.15, -0.1) is 0 Å². The van der Waals surface area contributed by atoms with Crippen molar-refractivity contribution in [3.8, 4) is 11.5 Å². The van der Waals surface area contributed by atoms with E-state index in [1.54, 1.807) is 14.2 Å². The summed E-state index contributed by atoms with van der Waals surface area (Å²) in [6, 6.07) is 2.03. The van der Waals surface area contributed by atoms with Gasteiger partial charge < -0.3 is 9.47 Å². The average molecular weight is 262 g/mol. The lowest BCUT2D eigenvalue weighted by Gasteiger charge is -2.28. The van der Waals surface area contributed by atoms with Crippen LogP contribution in [0.25, 0.3) is 0 Å². The Morgan fingerprint density at radius 2 is 1.89 bits per heavy atom. The third-order valence-corrected chi connectivity index (χ3v) is 4.00. The van der Waals surface area contributed by atoms with Crippen molar-refractivity contribution in [3.05, 3.63) is 22.8 Å². The van der Waals surface area contributed by atoms with Gasteiger partial charge in [0.05, 0.1) is 14.2 Å². The number of rotatable bonds is 3. The normalized spacial score (nSPS) is 18.4. The Morgan fingerprint density at radius 3 is 2.42 bits per heavy atom. The minimum Gasteiger partial charge on any atom is -0.496 e. The number of carbonyl (C=O) groups excluding carboxylic acids is 1. The Hall–Kier alpha value is -1.51. The highest BCUT2D eigenvalue weighted by molar-refractivity contribution is 5.89. The smallest absolute Gasteiger partial charge is 0.140 e. The molecule has 0 spiro atoms. The van der Waals surface area contributed by atoms with E-state index in [4.69, 9.17) is 9.47 Å². The van der Waals surface area contributed by atoms with Crippen LogP contribution in [0.5, 0.6) is 11.5 Å². The molecule has 0 aliphatic heterocycles. The molecule has 19 heavy (non-hydrogen) atoms. The number of methoxy groups -OCH3 is 2. The van der Waals surface area contributed by atoms with Crippen LogP contribution in [0.4, 0.5) is 0 Å². The van der Waals surface area contributed by atoms with E-state index in [1.807, 2.05) is 13.0 Å². The predicted molar refractivity (Wildman–Crippen MR) is 75.4 cm³/mol. The minimum atomic E-state index is -0.103. The van der Waals surface area contributed by atoms with Crippen molar-refractivity contribution in [1.29, 1.82) is 0 Å². The number of carbonyl (C=O) groups is 1. The molecular formula is C16H22O3. The van der Waals surface area contributed by atoms with Gasteiger partial charge in [0.1, 0.15) is 17.3 Å². The molecule has 2 rings (SSSR count). The van der Waals surface area contributed by atoms with Gasteiger partial charge in [-0.2, -0.15) is 0 Å². The number of hydrogen-bond acceptors (Lipinski definition) is 3. The fourth-order valence-electron chi connectivity index (χ4n) is 2.92. The molecule has 104 valence electrons. The first kappa shape index (κ1) is 13.9. The third-order valence-electron chi connectivity index (χ3n) is 4.00. The van der Waals surface area contributed by atoms with Crippen LogP contribution in [0.15, 0.2) is 6.07 Å². The molecule has 1 atom stereocenters. The van der Waals surface area contributed by atoms with Gasteiger partial charge >= 0.3 is 0 Å². The van der Waals surface area contributed by atoms with E-state index in [2.05, 4.69) is 13.8 Å². The second kappa shape index (κ2) is 5.24. The predicted octanol–water partition coefficient (Wildman–Crippen LogP) is 3.45. The fraction of sp³-hybridized carbons (Fsp3) is 0.562. The maximum atomic E-state index is 11.9. The van der Waals surface area contributed by atoms with Crippen LogP contribution in [0.1, 0.15) is 55.7 Å². The number of ketones is 1. The van der Waals surface area contributed by atoms with Gasteiger partial charge in [-0.3, -0.25) is 4.79 Å². The Kier molecular flexibility index (Phi) is 3.83. The minimum absolute atomic E-state index is 0.103. The quantitative estimate of drug-likeness (QED) is 0.837. The Balaban J connectivity index is 2.72. The van der Waals surface area contributed by atoms with Gasteiger partial charge in [0.2, 0.25) is 0 Å². The van der Waals surface area contributed by atoms with Gasteiger partial charge in [0, 0.05) is 29.0 Å². The highest BCUT2D eigenvalue weighted by Crippen LogP contribution is 2.44. The molecule has 1 aliphatic carbocycles. The summed E-state index contributed by atoms with van der Waals surface area (Å²) in [7, 11) is 3.37. The molecule has 0 fully saturated rings. The van der Waals surface area contributed by atoms with E-state index in [0.29, 0.717) is 12.3 Å². The number of fused-ring (bicyclic) bond motifs is 1. The second-order valence-electron chi connectivity index (χ2n) is 5.44. The van der Waals surface area contributed by atoms with Gasteiger partial charge in [-0.25, -0.2) is 0 Å². The molecule has 1 unspecified atom stereocenters. The van der Waals surface area contributed by atoms with Crippen molar-refractivity contribution in [2.24, 2.45) is 0 Å². The monoisotopic (exact) mass is 262 g/mol. The van der Waals surface area contributed by atoms with Crippen molar-refractivity contribution in [2.75, 3.05) is 14.2 Å². The lowest BCUT2D eigenvalue weighted by Crippen LogP contribution is -2.20. The van der Waals surface area contributed by atoms with E-state index >= 15 is 0 Å². The standard InChI is InChI=1S/C16H22O3/c1-9(2)12-8-14(18-4)15-10(3)13(17)7-6-11(15)16(12)19-5/h8-10H,6-7H2,1-5H3. The van der Waals surface area contributed by atoms with Crippen LogP contribution in [0.3, 0.4) is 0 Å². The Morgan fingerprint density at radius 1 is 1.21 bits per heavy atom. The van der Waals surface area contributed by atoms with Crippen LogP contribution >= 0.6 is 0 Å². The zero-order valence-electron chi connectivity index (χ0n) is 12.4. The summed E-state index contributed by atoms with van der Waals surface area (Å²) < 4.78 is 11.1. The number of hydrogen-bond donors (Lipinski definition) is 0. The van der Waals surface area contributed by atoms with E-state index in [-0.39, 0.29) is 11.7 Å². The zero-order chi connectivity index (χ0) is 14.2. The molecule has 0 heterocycles. The number of ether oxygens (including phenoxy) is 2. The van der Waals surface area contributed by atoms with Crippen molar-refractivity contribution in [3.63, 3.8) is 0 Å². The van der Waals surface area contributed by atoms with E-state index in [9.17, 15) is 4.79 Å². The van der Waals surface area contributed by atoms with Crippen LogP contribution in [-0.2, 0) is 11.2 Å². The third kappa shape index (κ3) is 2.22. The highest BCUT2D eigenvalue weighted by atomic mass is 16.5. The molecule has 0 bridgehead atoms. The van der Waals surface area contributed by atoms with Crippen LogP contribution in [0, 0.1) is 0 Å². The van der Waals surface area contributed by atoms with Crippen molar-refractivity contribution < 1.29 is 14.3 Å². The molecule has 1 aromatic rings. The maximum Gasteiger partial charge on any atom is 0.140 e. The molecule has 0 saturated carbocycles. The summed E-state index contributed by atoms with van der Waals surface area (Å²) in [5.41, 5.74) is 3.32. The Labute approximate surface area is 114 Å². The topological polar surface area (TPSA) is 35.5 Å². The maximum absolute atomic E-state index is 11.9. The molecule has 1 aliphatic rings. The molecular weight excluding hydrogens is 240 g/mol. The van der Waals surface area contributed by atoms with Gasteiger partial charge in [0.15, 0.2) is 0 Å². The molecule has 0 radical (unpaired) electrons. The Bertz CT molecular complexity index is 503. The lowest BCUT2D eigenvalue weighted by atomic mass is 9.79. The summed E-state index contributed by atoms with van der Waals surface area (Å²) in [6.07, 6.45) is 1.34. The van der Waals surface area contributed by atoms with E-state index < -0.39 is 0 Å². The summed E-state index contributed by atoms with van der Waals surface area (Å²) in [6.45, 7) is 6.24. The lowest BCUT2D eigenvalue weighted by molar-refractivity contribution is -0.120. The van der Waals surface area contributed by atoms with Crippen LogP contribution in [0.2, 0.25) is 0 Å². The molecule has 3 heteroatoms. The number of benzene rings is 1. The van der Waals surface area contributed by atoms with Crippen LogP contribution in [-0.4, -0.2) is 20.0 Å². The molecule has 0 amide bonds. The molecule has 0 saturated heterocycles. The highest BCUT2D eigenvalue weighted by Gasteiger charge is 2.31. The molecule has 0 aromatic heterocycles. The summed E-state index contributed by atoms with van der Waals surface area (Å²) >= 11 is 0. The molecule has 1 aromatic carbocycles. The van der Waals surface area contributed by atoms with Crippen molar-refractivity contribution in [2.45, 2.75) is 45.4 Å². The SMILES string of the molecule is COc1cc(C(C)C)c(OC)c2c1C(C)C(=O)CC2. The van der Waals surface area contributed by atoms with Gasteiger partial charge in [0.25, 0.3) is 0 Å². The zero-order valence-corrected chi connectivity index (χ0v) is 12.4. The van der Waals surface area contributed by atoms with E-state index in [0.717, 1.165) is 34.6 Å². The first-order chi connectivity index (χ1) is 9.01. The number of Topliss-reactive ketones (excluding diaryl/α,β-unsaturated/α-hetero) is 1. The van der Waals surface area contributed by atoms with Crippen molar-refractivity contribution in [1.82, 2.24) is 0 Å². The molecule has 3 nitrogen and oxygen atoms in total. The first-order valence-corrected chi connectivity index (χ1v) is 6.81. The van der Waals surface area contributed by atoms with Gasteiger partial charge in [-0.1, -0.05) is 20.8 Å². The second-order valence-corrected chi connectivity index (χ2v) is 5.44. The first-order valence-electron chi connectivity index (χ1n) is 6.81. The van der Waals surface area contributed by atoms with Crippen molar-refractivity contribution >= 4 is 5.78 Å². The van der Waals surface area contributed by atoms with Crippen LogP contribution < -0.4 is 9.47 Å². The average Bonchev–Trinajstić information content (AvgIpc) is 2.40. The largest absolute Gasteiger partial charge is 0.496 e. The summed E-state index contributed by atoms with van der Waals surface area (Å²) in [4.78, 5) is 11.9. The summed E-state index contributed by atoms with van der Waals surface area (Å²) in [5.74, 6) is 2.30. The van der Waals surface area contributed by atoms with E-state index in [1.165, 1.54) is 0 Å².